The fourth-order valence-electron chi connectivity index (χ4n) is 2.30. The number of halogens is 2. The van der Waals surface area contributed by atoms with Gasteiger partial charge in [-0.3, -0.25) is 0 Å². The molecule has 1 aromatic carbocycles. The van der Waals surface area contributed by atoms with Crippen LogP contribution in [-0.4, -0.2) is 34.6 Å². The minimum atomic E-state index is -3.56. The van der Waals surface area contributed by atoms with Gasteiger partial charge >= 0.3 is 0 Å². The number of benzene rings is 1. The number of piperazine rings is 1. The summed E-state index contributed by atoms with van der Waals surface area (Å²) in [6.07, 6.45) is 0. The second-order valence-electron chi connectivity index (χ2n) is 4.94. The van der Waals surface area contributed by atoms with Crippen LogP contribution in [0.1, 0.15) is 0 Å². The Hall–Kier alpha value is -0.790. The van der Waals surface area contributed by atoms with E-state index in [2.05, 4.69) is 10.2 Å². The lowest BCUT2D eigenvalue weighted by atomic mass is 10.3. The summed E-state index contributed by atoms with van der Waals surface area (Å²) in [6.45, 7) is 3.57. The molecule has 0 atom stereocenters. The van der Waals surface area contributed by atoms with Gasteiger partial charge in [-0.2, -0.15) is 0 Å². The van der Waals surface area contributed by atoms with E-state index in [9.17, 15) is 8.42 Å². The van der Waals surface area contributed by atoms with E-state index in [4.69, 9.17) is 23.2 Å². The molecule has 4 nitrogen and oxygen atoms in total. The lowest BCUT2D eigenvalue weighted by Gasteiger charge is -2.28. The Kier molecular flexibility index (Phi) is 4.66. The van der Waals surface area contributed by atoms with Crippen LogP contribution in [0.2, 0.25) is 10.0 Å². The summed E-state index contributed by atoms with van der Waals surface area (Å²) in [5.41, 5.74) is 0.949. The Bertz CT molecular complexity index is 784. The molecule has 8 heteroatoms. The molecule has 2 aromatic rings. The van der Waals surface area contributed by atoms with Crippen LogP contribution in [0.4, 0.5) is 5.69 Å². The average Bonchev–Trinajstić information content (AvgIpc) is 3.01. The quantitative estimate of drug-likeness (QED) is 0.892. The third-order valence-electron chi connectivity index (χ3n) is 3.51. The first-order valence-electron chi connectivity index (χ1n) is 6.73. The van der Waals surface area contributed by atoms with E-state index in [0.717, 1.165) is 31.9 Å². The summed E-state index contributed by atoms with van der Waals surface area (Å²) in [4.78, 5) is 2.34. The fraction of sp³-hybridized carbons (Fsp3) is 0.286. The number of anilines is 1. The summed E-state index contributed by atoms with van der Waals surface area (Å²) >= 11 is 13.0. The number of thiophene rings is 1. The number of sulfone groups is 1. The van der Waals surface area contributed by atoms with Gasteiger partial charge in [0.25, 0.3) is 0 Å². The topological polar surface area (TPSA) is 49.4 Å². The highest BCUT2D eigenvalue weighted by molar-refractivity contribution is 7.93. The van der Waals surface area contributed by atoms with Crippen LogP contribution in [0.3, 0.4) is 0 Å². The van der Waals surface area contributed by atoms with Crippen molar-refractivity contribution < 1.29 is 8.42 Å². The largest absolute Gasteiger partial charge is 0.368 e. The molecule has 0 saturated carbocycles. The highest BCUT2D eigenvalue weighted by Gasteiger charge is 2.22. The van der Waals surface area contributed by atoms with Crippen molar-refractivity contribution in [2.24, 2.45) is 0 Å². The molecule has 0 amide bonds. The second-order valence-corrected chi connectivity index (χ2v) is 8.84. The number of hydrogen-bond donors (Lipinski definition) is 1. The maximum absolute atomic E-state index is 12.7. The SMILES string of the molecule is O=S(=O)(c1ccc(Cl)c(Cl)c1)c1cc(N2CCNCC2)cs1. The molecule has 0 unspecified atom stereocenters. The van der Waals surface area contributed by atoms with Crippen molar-refractivity contribution in [3.63, 3.8) is 0 Å². The van der Waals surface area contributed by atoms with Crippen LogP contribution in [-0.2, 0) is 9.84 Å². The molecule has 1 saturated heterocycles. The first-order valence-corrected chi connectivity index (χ1v) is 9.85. The minimum Gasteiger partial charge on any atom is -0.368 e. The summed E-state index contributed by atoms with van der Waals surface area (Å²) in [5.74, 6) is 0. The van der Waals surface area contributed by atoms with Gasteiger partial charge in [0.05, 0.1) is 14.9 Å². The van der Waals surface area contributed by atoms with E-state index in [0.29, 0.717) is 9.23 Å². The lowest BCUT2D eigenvalue weighted by molar-refractivity contribution is 0.589. The Morgan fingerprint density at radius 1 is 1.09 bits per heavy atom. The van der Waals surface area contributed by atoms with Gasteiger partial charge in [-0.1, -0.05) is 23.2 Å². The van der Waals surface area contributed by atoms with E-state index in [-0.39, 0.29) is 9.92 Å². The molecule has 0 spiro atoms. The Morgan fingerprint density at radius 2 is 1.82 bits per heavy atom. The number of hydrogen-bond acceptors (Lipinski definition) is 5. The van der Waals surface area contributed by atoms with Crippen molar-refractivity contribution in [1.82, 2.24) is 5.32 Å². The van der Waals surface area contributed by atoms with Gasteiger partial charge in [0.15, 0.2) is 0 Å². The Labute approximate surface area is 143 Å². The molecule has 0 radical (unpaired) electrons. The summed E-state index contributed by atoms with van der Waals surface area (Å²) in [7, 11) is -3.56. The van der Waals surface area contributed by atoms with E-state index in [1.807, 2.05) is 5.38 Å². The maximum Gasteiger partial charge on any atom is 0.216 e. The van der Waals surface area contributed by atoms with Crippen LogP contribution in [0.5, 0.6) is 0 Å². The normalized spacial score (nSPS) is 16.0. The molecule has 22 heavy (non-hydrogen) atoms. The second kappa shape index (κ2) is 6.37. The Morgan fingerprint density at radius 3 is 2.50 bits per heavy atom. The van der Waals surface area contributed by atoms with Crippen molar-refractivity contribution in [3.8, 4) is 0 Å². The van der Waals surface area contributed by atoms with Crippen molar-refractivity contribution in [2.75, 3.05) is 31.1 Å². The molecule has 1 fully saturated rings. The summed E-state index contributed by atoms with van der Waals surface area (Å²) < 4.78 is 25.7. The Balaban J connectivity index is 1.92. The molecule has 0 aliphatic carbocycles. The molecule has 1 N–H and O–H groups in total. The molecular weight excluding hydrogens is 363 g/mol. The predicted molar refractivity (Wildman–Crippen MR) is 91.3 cm³/mol. The van der Waals surface area contributed by atoms with Gasteiger partial charge in [-0.25, -0.2) is 8.42 Å². The zero-order valence-corrected chi connectivity index (χ0v) is 14.7. The molecule has 0 bridgehead atoms. The number of nitrogens with one attached hydrogen (secondary N) is 1. The van der Waals surface area contributed by atoms with E-state index < -0.39 is 9.84 Å². The van der Waals surface area contributed by atoms with Crippen LogP contribution < -0.4 is 10.2 Å². The van der Waals surface area contributed by atoms with Gasteiger partial charge in [-0.05, 0) is 24.3 Å². The lowest BCUT2D eigenvalue weighted by Crippen LogP contribution is -2.43. The number of rotatable bonds is 3. The van der Waals surface area contributed by atoms with Crippen LogP contribution in [0.15, 0.2) is 38.8 Å². The molecule has 1 aliphatic heterocycles. The van der Waals surface area contributed by atoms with Crippen molar-refractivity contribution >= 4 is 50.1 Å². The van der Waals surface area contributed by atoms with E-state index in [1.54, 1.807) is 6.07 Å². The van der Waals surface area contributed by atoms with E-state index in [1.165, 1.54) is 29.5 Å². The third kappa shape index (κ3) is 3.12. The van der Waals surface area contributed by atoms with Crippen molar-refractivity contribution in [2.45, 2.75) is 9.10 Å². The van der Waals surface area contributed by atoms with Gasteiger partial charge in [0.2, 0.25) is 9.84 Å². The highest BCUT2D eigenvalue weighted by atomic mass is 35.5. The van der Waals surface area contributed by atoms with Gasteiger partial charge in [0, 0.05) is 37.2 Å². The highest BCUT2D eigenvalue weighted by Crippen LogP contribution is 2.33. The van der Waals surface area contributed by atoms with Crippen LogP contribution in [0.25, 0.3) is 0 Å². The monoisotopic (exact) mass is 376 g/mol. The fourth-order valence-corrected chi connectivity index (χ4v) is 5.27. The van der Waals surface area contributed by atoms with Gasteiger partial charge in [0.1, 0.15) is 4.21 Å². The van der Waals surface area contributed by atoms with Crippen molar-refractivity contribution in [3.05, 3.63) is 39.7 Å². The average molecular weight is 377 g/mol. The predicted octanol–water partition coefficient (Wildman–Crippen LogP) is 3.30. The van der Waals surface area contributed by atoms with Gasteiger partial charge < -0.3 is 10.2 Å². The minimum absolute atomic E-state index is 0.163. The third-order valence-corrected chi connectivity index (χ3v) is 7.43. The molecular formula is C14H14Cl2N2O2S2. The first-order chi connectivity index (χ1) is 10.5. The van der Waals surface area contributed by atoms with Crippen molar-refractivity contribution in [1.29, 1.82) is 0 Å². The standard InChI is InChI=1S/C14H14Cl2N2O2S2/c15-12-2-1-11(8-13(12)16)22(19,20)14-7-10(9-21-14)18-5-3-17-4-6-18/h1-2,7-9,17H,3-6H2. The molecule has 1 aromatic heterocycles. The first kappa shape index (κ1) is 16.1. The smallest absolute Gasteiger partial charge is 0.216 e. The zero-order chi connectivity index (χ0) is 15.7. The number of nitrogens with zero attached hydrogens (tertiary/aromatic N) is 1. The van der Waals surface area contributed by atoms with Gasteiger partial charge in [-0.15, -0.1) is 11.3 Å². The molecule has 3 rings (SSSR count). The zero-order valence-electron chi connectivity index (χ0n) is 11.6. The van der Waals surface area contributed by atoms with Crippen LogP contribution in [0, 0.1) is 0 Å². The summed E-state index contributed by atoms with van der Waals surface area (Å²) in [6, 6.07) is 6.10. The molecule has 2 heterocycles. The van der Waals surface area contributed by atoms with E-state index >= 15 is 0 Å². The maximum atomic E-state index is 12.7. The molecule has 118 valence electrons. The summed E-state index contributed by atoms with van der Waals surface area (Å²) in [5, 5.41) is 5.74. The van der Waals surface area contributed by atoms with Crippen LogP contribution >= 0.6 is 34.5 Å². The molecule has 1 aliphatic rings.